The fourth-order valence-corrected chi connectivity index (χ4v) is 3.35. The topological polar surface area (TPSA) is 76.3 Å². The summed E-state index contributed by atoms with van der Waals surface area (Å²) in [5.74, 6) is -0.632. The van der Waals surface area contributed by atoms with Crippen molar-refractivity contribution < 1.29 is 9.59 Å². The molecule has 3 aromatic rings. The second kappa shape index (κ2) is 8.40. The zero-order valence-electron chi connectivity index (χ0n) is 14.2. The van der Waals surface area contributed by atoms with Gasteiger partial charge >= 0.3 is 0 Å². The molecule has 0 unspecified atom stereocenters. The Hall–Kier alpha value is -2.99. The summed E-state index contributed by atoms with van der Waals surface area (Å²) in [5.41, 5.74) is 7.61. The Morgan fingerprint density at radius 2 is 1.65 bits per heavy atom. The van der Waals surface area contributed by atoms with Crippen LogP contribution in [0.3, 0.4) is 0 Å². The summed E-state index contributed by atoms with van der Waals surface area (Å²) >= 11 is 1.43. The van der Waals surface area contributed by atoms with Crippen LogP contribution in [0, 0.1) is 0 Å². The quantitative estimate of drug-likeness (QED) is 0.698. The highest BCUT2D eigenvalue weighted by atomic mass is 32.1. The van der Waals surface area contributed by atoms with Gasteiger partial charge in [-0.1, -0.05) is 60.7 Å². The molecule has 0 aliphatic heterocycles. The van der Waals surface area contributed by atoms with Crippen molar-refractivity contribution in [3.63, 3.8) is 0 Å². The predicted molar refractivity (Wildman–Crippen MR) is 103 cm³/mol. The number of hydrogen-bond acceptors (Lipinski definition) is 4. The van der Waals surface area contributed by atoms with Crippen LogP contribution in [0.2, 0.25) is 0 Å². The molecule has 0 fully saturated rings. The summed E-state index contributed by atoms with van der Waals surface area (Å²) in [7, 11) is 0. The van der Waals surface area contributed by atoms with Gasteiger partial charge in [-0.25, -0.2) is 4.98 Å². The Balaban J connectivity index is 1.80. The maximum Gasteiger partial charge on any atom is 0.273 e. The average molecular weight is 365 g/mol. The maximum atomic E-state index is 12.9. The smallest absolute Gasteiger partial charge is 0.273 e. The third-order valence-corrected chi connectivity index (χ3v) is 4.77. The van der Waals surface area contributed by atoms with Crippen LogP contribution in [-0.4, -0.2) is 28.2 Å². The van der Waals surface area contributed by atoms with E-state index < -0.39 is 5.91 Å². The molecule has 5 nitrogen and oxygen atoms in total. The van der Waals surface area contributed by atoms with Crippen LogP contribution in [0.4, 0.5) is 0 Å². The Morgan fingerprint density at radius 3 is 2.31 bits per heavy atom. The number of rotatable bonds is 7. The van der Waals surface area contributed by atoms with Gasteiger partial charge in [-0.2, -0.15) is 0 Å². The third-order valence-electron chi connectivity index (χ3n) is 3.88. The molecule has 0 saturated heterocycles. The number of amides is 2. The number of nitrogens with zero attached hydrogens (tertiary/aromatic N) is 2. The molecule has 1 aromatic heterocycles. The van der Waals surface area contributed by atoms with Crippen LogP contribution in [0.1, 0.15) is 22.5 Å². The van der Waals surface area contributed by atoms with Crippen molar-refractivity contribution in [1.29, 1.82) is 0 Å². The van der Waals surface area contributed by atoms with Gasteiger partial charge in [-0.05, 0) is 5.56 Å². The molecular formula is C20H19N3O2S. The van der Waals surface area contributed by atoms with Crippen LogP contribution in [0.5, 0.6) is 0 Å². The van der Waals surface area contributed by atoms with Gasteiger partial charge in [0.25, 0.3) is 5.91 Å². The molecular weight excluding hydrogens is 346 g/mol. The number of nitrogens with two attached hydrogens (primary N) is 1. The van der Waals surface area contributed by atoms with E-state index in [4.69, 9.17) is 5.73 Å². The van der Waals surface area contributed by atoms with Gasteiger partial charge in [0.2, 0.25) is 5.91 Å². The average Bonchev–Trinajstić information content (AvgIpc) is 3.16. The van der Waals surface area contributed by atoms with E-state index in [0.29, 0.717) is 12.2 Å². The summed E-state index contributed by atoms with van der Waals surface area (Å²) in [5, 5.41) is 2.55. The Labute approximate surface area is 156 Å². The number of carbonyl (C=O) groups excluding carboxylic acids is 2. The van der Waals surface area contributed by atoms with Gasteiger partial charge < -0.3 is 10.6 Å². The second-order valence-electron chi connectivity index (χ2n) is 5.83. The van der Waals surface area contributed by atoms with Crippen molar-refractivity contribution in [2.75, 3.05) is 6.54 Å². The molecule has 0 atom stereocenters. The zero-order valence-corrected chi connectivity index (χ0v) is 15.0. The van der Waals surface area contributed by atoms with E-state index in [0.717, 1.165) is 16.1 Å². The second-order valence-corrected chi connectivity index (χ2v) is 6.69. The summed E-state index contributed by atoms with van der Waals surface area (Å²) in [6.07, 6.45) is 0.119. The third kappa shape index (κ3) is 4.55. The van der Waals surface area contributed by atoms with Crippen molar-refractivity contribution in [3.8, 4) is 10.6 Å². The largest absolute Gasteiger partial charge is 0.370 e. The summed E-state index contributed by atoms with van der Waals surface area (Å²) in [4.78, 5) is 30.2. The molecule has 1 heterocycles. The van der Waals surface area contributed by atoms with Gasteiger partial charge in [0.15, 0.2) is 0 Å². The van der Waals surface area contributed by atoms with Crippen molar-refractivity contribution in [2.24, 2.45) is 5.73 Å². The Bertz CT molecular complexity index is 878. The highest BCUT2D eigenvalue weighted by Crippen LogP contribution is 2.24. The van der Waals surface area contributed by atoms with Gasteiger partial charge in [-0.15, -0.1) is 11.3 Å². The van der Waals surface area contributed by atoms with Crippen LogP contribution in [0.15, 0.2) is 66.0 Å². The Morgan fingerprint density at radius 1 is 1.00 bits per heavy atom. The molecule has 0 bridgehead atoms. The first-order valence-corrected chi connectivity index (χ1v) is 9.14. The van der Waals surface area contributed by atoms with E-state index in [2.05, 4.69) is 4.98 Å². The fraction of sp³-hybridized carbons (Fsp3) is 0.150. The highest BCUT2D eigenvalue weighted by molar-refractivity contribution is 7.13. The fourth-order valence-electron chi connectivity index (χ4n) is 2.55. The normalized spacial score (nSPS) is 10.5. The molecule has 0 radical (unpaired) electrons. The molecule has 0 aliphatic rings. The lowest BCUT2D eigenvalue weighted by Crippen LogP contribution is -2.33. The number of primary amides is 1. The summed E-state index contributed by atoms with van der Waals surface area (Å²) in [6, 6.07) is 19.4. The molecule has 3 rings (SSSR count). The minimum absolute atomic E-state index is 0.119. The molecule has 0 aliphatic carbocycles. The number of aromatic nitrogens is 1. The molecule has 26 heavy (non-hydrogen) atoms. The van der Waals surface area contributed by atoms with Gasteiger partial charge in [0.1, 0.15) is 10.7 Å². The Kier molecular flexibility index (Phi) is 5.76. The zero-order chi connectivity index (χ0) is 18.4. The molecule has 132 valence electrons. The van der Waals surface area contributed by atoms with E-state index >= 15 is 0 Å². The van der Waals surface area contributed by atoms with Crippen molar-refractivity contribution in [1.82, 2.24) is 9.88 Å². The molecule has 2 N–H and O–H groups in total. The van der Waals surface area contributed by atoms with Gasteiger partial charge in [0, 0.05) is 30.5 Å². The van der Waals surface area contributed by atoms with E-state index in [-0.39, 0.29) is 18.9 Å². The lowest BCUT2D eigenvalue weighted by Gasteiger charge is -2.21. The van der Waals surface area contributed by atoms with Crippen LogP contribution in [-0.2, 0) is 11.3 Å². The van der Waals surface area contributed by atoms with E-state index in [1.54, 1.807) is 10.3 Å². The SMILES string of the molecule is NC(=O)CCN(Cc1ccccc1)C(=O)c1csc(-c2ccccc2)n1. The van der Waals surface area contributed by atoms with Gasteiger partial charge in [0.05, 0.1) is 0 Å². The molecule has 0 spiro atoms. The maximum absolute atomic E-state index is 12.9. The molecule has 2 amide bonds. The minimum atomic E-state index is -0.431. The minimum Gasteiger partial charge on any atom is -0.370 e. The lowest BCUT2D eigenvalue weighted by molar-refractivity contribution is -0.118. The predicted octanol–water partition coefficient (Wildman–Crippen LogP) is 3.33. The number of hydrogen-bond donors (Lipinski definition) is 1. The summed E-state index contributed by atoms with van der Waals surface area (Å²) in [6.45, 7) is 0.673. The van der Waals surface area contributed by atoms with Gasteiger partial charge in [-0.3, -0.25) is 9.59 Å². The molecule has 0 saturated carbocycles. The van der Waals surface area contributed by atoms with Crippen molar-refractivity contribution in [2.45, 2.75) is 13.0 Å². The summed E-state index contributed by atoms with van der Waals surface area (Å²) < 4.78 is 0. The van der Waals surface area contributed by atoms with Crippen LogP contribution in [0.25, 0.3) is 10.6 Å². The van der Waals surface area contributed by atoms with Crippen LogP contribution >= 0.6 is 11.3 Å². The lowest BCUT2D eigenvalue weighted by atomic mass is 10.2. The van der Waals surface area contributed by atoms with Crippen molar-refractivity contribution >= 4 is 23.2 Å². The first kappa shape index (κ1) is 17.8. The van der Waals surface area contributed by atoms with Crippen molar-refractivity contribution in [3.05, 3.63) is 77.3 Å². The standard InChI is InChI=1S/C20H19N3O2S/c21-18(24)11-12-23(13-15-7-3-1-4-8-15)20(25)17-14-26-19(22-17)16-9-5-2-6-10-16/h1-10,14H,11-13H2,(H2,21,24). The number of thiazole rings is 1. The van der Waals surface area contributed by atoms with E-state index in [1.165, 1.54) is 11.3 Å². The van der Waals surface area contributed by atoms with E-state index in [9.17, 15) is 9.59 Å². The van der Waals surface area contributed by atoms with Crippen LogP contribution < -0.4 is 5.73 Å². The molecule has 2 aromatic carbocycles. The number of benzene rings is 2. The monoisotopic (exact) mass is 365 g/mol. The first-order chi connectivity index (χ1) is 12.6. The number of carbonyl (C=O) groups is 2. The first-order valence-electron chi connectivity index (χ1n) is 8.26. The molecule has 6 heteroatoms. The van der Waals surface area contributed by atoms with E-state index in [1.807, 2.05) is 60.7 Å². The highest BCUT2D eigenvalue weighted by Gasteiger charge is 2.20.